The molecule has 0 fully saturated rings. The molecule has 27 heavy (non-hydrogen) atoms. The van der Waals surface area contributed by atoms with Crippen molar-refractivity contribution in [3.63, 3.8) is 0 Å². The van der Waals surface area contributed by atoms with Gasteiger partial charge in [0, 0.05) is 6.26 Å². The van der Waals surface area contributed by atoms with Crippen molar-refractivity contribution in [1.29, 1.82) is 0 Å². The van der Waals surface area contributed by atoms with Crippen molar-refractivity contribution >= 4 is 15.7 Å². The first kappa shape index (κ1) is 18.9. The Hall–Kier alpha value is -2.86. The van der Waals surface area contributed by atoms with E-state index < -0.39 is 21.3 Å². The van der Waals surface area contributed by atoms with E-state index in [1.54, 1.807) is 0 Å². The minimum Gasteiger partial charge on any atom is -0.455 e. The number of carbonyl (C=O) groups is 1. The summed E-state index contributed by atoms with van der Waals surface area (Å²) in [6.45, 7) is 1.93. The van der Waals surface area contributed by atoms with E-state index in [1.807, 2.05) is 67.6 Å². The Morgan fingerprint density at radius 1 is 0.926 bits per heavy atom. The number of nitrogens with one attached hydrogen (secondary N) is 1. The topological polar surface area (TPSA) is 76.4 Å². The van der Waals surface area contributed by atoms with Crippen LogP contribution >= 0.6 is 0 Å². The van der Waals surface area contributed by atoms with E-state index in [2.05, 4.69) is 5.32 Å². The number of rotatable bonds is 6. The monoisotopic (exact) mass is 383 g/mol. The van der Waals surface area contributed by atoms with Gasteiger partial charge in [0.15, 0.2) is 15.6 Å². The van der Waals surface area contributed by atoms with Gasteiger partial charge in [0.05, 0.1) is 5.54 Å². The summed E-state index contributed by atoms with van der Waals surface area (Å²) in [5.74, 6) is -0.338. The maximum absolute atomic E-state index is 12.8. The fourth-order valence-electron chi connectivity index (χ4n) is 2.98. The van der Waals surface area contributed by atoms with Crippen LogP contribution in [0.15, 0.2) is 77.2 Å². The SMILES string of the molecule is CC(NC(=O)c1ccc(CS(C)(=O)=O)o1)(c1ccccc1)c1ccccc1. The molecule has 0 saturated carbocycles. The van der Waals surface area contributed by atoms with E-state index in [4.69, 9.17) is 4.42 Å². The van der Waals surface area contributed by atoms with Gasteiger partial charge in [-0.1, -0.05) is 60.7 Å². The minimum absolute atomic E-state index is 0.0757. The Morgan fingerprint density at radius 2 is 1.44 bits per heavy atom. The van der Waals surface area contributed by atoms with Gasteiger partial charge in [-0.2, -0.15) is 0 Å². The Kier molecular flexibility index (Phi) is 5.19. The van der Waals surface area contributed by atoms with Crippen molar-refractivity contribution in [1.82, 2.24) is 5.32 Å². The highest BCUT2D eigenvalue weighted by Gasteiger charge is 2.31. The van der Waals surface area contributed by atoms with Gasteiger partial charge in [0.25, 0.3) is 5.91 Å². The quantitative estimate of drug-likeness (QED) is 0.707. The highest BCUT2D eigenvalue weighted by Crippen LogP contribution is 2.29. The molecule has 0 bridgehead atoms. The fraction of sp³-hybridized carbons (Fsp3) is 0.190. The summed E-state index contributed by atoms with van der Waals surface area (Å²) in [6.07, 6.45) is 1.12. The lowest BCUT2D eigenvalue weighted by molar-refractivity contribution is 0.0889. The molecular formula is C21H21NO4S. The molecule has 5 nitrogen and oxygen atoms in total. The lowest BCUT2D eigenvalue weighted by Gasteiger charge is -2.32. The largest absolute Gasteiger partial charge is 0.455 e. The van der Waals surface area contributed by atoms with Gasteiger partial charge in [0.1, 0.15) is 11.5 Å². The second-order valence-electron chi connectivity index (χ2n) is 6.65. The molecule has 2 aromatic carbocycles. The van der Waals surface area contributed by atoms with Crippen molar-refractivity contribution < 1.29 is 17.6 Å². The third-order valence-electron chi connectivity index (χ3n) is 4.36. The van der Waals surface area contributed by atoms with Crippen LogP contribution in [0.1, 0.15) is 34.4 Å². The molecule has 0 aliphatic heterocycles. The smallest absolute Gasteiger partial charge is 0.287 e. The Morgan fingerprint density at radius 3 is 1.93 bits per heavy atom. The van der Waals surface area contributed by atoms with Crippen LogP contribution in [0, 0.1) is 0 Å². The van der Waals surface area contributed by atoms with E-state index in [9.17, 15) is 13.2 Å². The van der Waals surface area contributed by atoms with Crippen LogP contribution in [0.3, 0.4) is 0 Å². The lowest BCUT2D eigenvalue weighted by atomic mass is 9.84. The average molecular weight is 383 g/mol. The Bertz CT molecular complexity index is 985. The number of hydrogen-bond donors (Lipinski definition) is 1. The maximum atomic E-state index is 12.8. The molecule has 0 unspecified atom stereocenters. The second-order valence-corrected chi connectivity index (χ2v) is 8.79. The van der Waals surface area contributed by atoms with E-state index in [0.29, 0.717) is 0 Å². The van der Waals surface area contributed by atoms with Gasteiger partial charge in [-0.05, 0) is 30.2 Å². The minimum atomic E-state index is -3.24. The lowest BCUT2D eigenvalue weighted by Crippen LogP contribution is -2.44. The zero-order valence-corrected chi connectivity index (χ0v) is 16.0. The van der Waals surface area contributed by atoms with Crippen molar-refractivity contribution in [3.8, 4) is 0 Å². The van der Waals surface area contributed by atoms with Crippen LogP contribution in [0.5, 0.6) is 0 Å². The molecule has 3 rings (SSSR count). The van der Waals surface area contributed by atoms with Crippen molar-refractivity contribution in [3.05, 3.63) is 95.4 Å². The van der Waals surface area contributed by atoms with Gasteiger partial charge in [-0.15, -0.1) is 0 Å². The molecule has 6 heteroatoms. The molecule has 0 atom stereocenters. The maximum Gasteiger partial charge on any atom is 0.287 e. The molecule has 1 heterocycles. The second kappa shape index (κ2) is 7.40. The predicted molar refractivity (Wildman–Crippen MR) is 104 cm³/mol. The summed E-state index contributed by atoms with van der Waals surface area (Å²) in [7, 11) is -3.24. The van der Waals surface area contributed by atoms with E-state index in [0.717, 1.165) is 17.4 Å². The highest BCUT2D eigenvalue weighted by atomic mass is 32.2. The zero-order valence-electron chi connectivity index (χ0n) is 15.2. The van der Waals surface area contributed by atoms with Gasteiger partial charge >= 0.3 is 0 Å². The molecule has 0 aliphatic carbocycles. The number of carbonyl (C=O) groups excluding carboxylic acids is 1. The van der Waals surface area contributed by atoms with E-state index in [-0.39, 0.29) is 17.3 Å². The summed E-state index contributed by atoms with van der Waals surface area (Å²) < 4.78 is 28.3. The van der Waals surface area contributed by atoms with Crippen molar-refractivity contribution in [2.45, 2.75) is 18.2 Å². The highest BCUT2D eigenvalue weighted by molar-refractivity contribution is 7.89. The molecule has 1 aromatic heterocycles. The molecule has 1 N–H and O–H groups in total. The third kappa shape index (κ3) is 4.46. The van der Waals surface area contributed by atoms with Gasteiger partial charge < -0.3 is 9.73 Å². The van der Waals surface area contributed by atoms with E-state index in [1.165, 1.54) is 12.1 Å². The third-order valence-corrected chi connectivity index (χ3v) is 5.16. The number of sulfone groups is 1. The fourth-order valence-corrected chi connectivity index (χ4v) is 3.65. The molecule has 140 valence electrons. The molecular weight excluding hydrogens is 362 g/mol. The summed E-state index contributed by atoms with van der Waals surface area (Å²) in [4.78, 5) is 12.8. The van der Waals surface area contributed by atoms with Crippen LogP contribution < -0.4 is 5.32 Å². The van der Waals surface area contributed by atoms with Gasteiger partial charge in [-0.25, -0.2) is 8.42 Å². The van der Waals surface area contributed by atoms with Crippen LogP contribution in [0.2, 0.25) is 0 Å². The Labute approximate surface area is 159 Å². The first-order valence-corrected chi connectivity index (χ1v) is 10.5. The summed E-state index contributed by atoms with van der Waals surface area (Å²) in [5.41, 5.74) is 1.07. The van der Waals surface area contributed by atoms with Crippen LogP contribution in [0.4, 0.5) is 0 Å². The molecule has 0 radical (unpaired) electrons. The molecule has 0 saturated heterocycles. The predicted octanol–water partition coefficient (Wildman–Crippen LogP) is 3.52. The van der Waals surface area contributed by atoms with Crippen LogP contribution in [-0.4, -0.2) is 20.6 Å². The zero-order chi connectivity index (χ0) is 19.5. The van der Waals surface area contributed by atoms with Crippen LogP contribution in [0.25, 0.3) is 0 Å². The summed E-state index contributed by atoms with van der Waals surface area (Å²) >= 11 is 0. The number of hydrogen-bond acceptors (Lipinski definition) is 4. The normalized spacial score (nSPS) is 11.9. The first-order chi connectivity index (χ1) is 12.8. The van der Waals surface area contributed by atoms with Gasteiger partial charge in [0.2, 0.25) is 0 Å². The van der Waals surface area contributed by atoms with E-state index >= 15 is 0 Å². The molecule has 0 spiro atoms. The number of furan rings is 1. The molecule has 0 aliphatic rings. The first-order valence-electron chi connectivity index (χ1n) is 8.48. The molecule has 3 aromatic rings. The summed E-state index contributed by atoms with van der Waals surface area (Å²) in [5, 5.41) is 3.04. The van der Waals surface area contributed by atoms with Crippen molar-refractivity contribution in [2.24, 2.45) is 0 Å². The van der Waals surface area contributed by atoms with Crippen molar-refractivity contribution in [2.75, 3.05) is 6.26 Å². The number of amides is 1. The number of benzene rings is 2. The Balaban J connectivity index is 1.92. The average Bonchev–Trinajstić information content (AvgIpc) is 3.10. The summed E-state index contributed by atoms with van der Waals surface area (Å²) in [6, 6.07) is 22.3. The van der Waals surface area contributed by atoms with Crippen LogP contribution in [-0.2, 0) is 21.1 Å². The standard InChI is InChI=1S/C21H21NO4S/c1-21(16-9-5-3-6-10-16,17-11-7-4-8-12-17)22-20(23)19-14-13-18(26-19)15-27(2,24)25/h3-14H,15H2,1-2H3,(H,22,23). The molecule has 1 amide bonds. The van der Waals surface area contributed by atoms with Gasteiger partial charge in [-0.3, -0.25) is 4.79 Å².